The van der Waals surface area contributed by atoms with Crippen LogP contribution < -0.4 is 0 Å². The minimum Gasteiger partial charge on any atom is -0.478 e. The molecule has 0 fully saturated rings. The van der Waals surface area contributed by atoms with Gasteiger partial charge < -0.3 is 5.11 Å². The van der Waals surface area contributed by atoms with E-state index < -0.39 is 5.97 Å². The lowest BCUT2D eigenvalue weighted by Gasteiger charge is -2.11. The van der Waals surface area contributed by atoms with Crippen molar-refractivity contribution in [2.24, 2.45) is 0 Å². The van der Waals surface area contributed by atoms with Crippen molar-refractivity contribution in [3.63, 3.8) is 0 Å². The lowest BCUT2D eigenvalue weighted by molar-refractivity contribution is -0.132. The van der Waals surface area contributed by atoms with Crippen LogP contribution in [0.2, 0.25) is 0 Å². The fourth-order valence-electron chi connectivity index (χ4n) is 1.78. The number of hydrogen-bond donors (Lipinski definition) is 1. The first-order chi connectivity index (χ1) is 8.56. The Morgan fingerprint density at radius 2 is 1.78 bits per heavy atom. The van der Waals surface area contributed by atoms with Crippen molar-refractivity contribution in [3.05, 3.63) is 53.1 Å². The molecule has 0 atom stereocenters. The van der Waals surface area contributed by atoms with Crippen LogP contribution >= 0.6 is 0 Å². The zero-order valence-electron chi connectivity index (χ0n) is 11.2. The van der Waals surface area contributed by atoms with Crippen LogP contribution in [0.5, 0.6) is 0 Å². The first-order valence-electron chi connectivity index (χ1n) is 6.16. The maximum Gasteiger partial charge on any atom is 0.331 e. The van der Waals surface area contributed by atoms with Crippen molar-refractivity contribution in [3.8, 4) is 0 Å². The molecule has 0 unspecified atom stereocenters. The lowest BCUT2D eigenvalue weighted by Crippen LogP contribution is -2.01. The van der Waals surface area contributed by atoms with Crippen LogP contribution in [0.15, 0.2) is 47.6 Å². The SMILES string of the molecule is CC=C(C)CCC(=C(C)C(=O)O)c1ccccc1. The van der Waals surface area contributed by atoms with E-state index in [-0.39, 0.29) is 0 Å². The molecule has 0 radical (unpaired) electrons. The van der Waals surface area contributed by atoms with Gasteiger partial charge in [0.2, 0.25) is 0 Å². The average Bonchev–Trinajstić information content (AvgIpc) is 2.39. The second-order valence-corrected chi connectivity index (χ2v) is 4.41. The zero-order valence-corrected chi connectivity index (χ0v) is 11.2. The van der Waals surface area contributed by atoms with Gasteiger partial charge in [-0.05, 0) is 44.7 Å². The fourth-order valence-corrected chi connectivity index (χ4v) is 1.78. The Balaban J connectivity index is 3.05. The number of carbonyl (C=O) groups is 1. The molecule has 0 bridgehead atoms. The zero-order chi connectivity index (χ0) is 13.5. The Kier molecular flexibility index (Phi) is 5.37. The van der Waals surface area contributed by atoms with E-state index in [1.807, 2.05) is 37.3 Å². The summed E-state index contributed by atoms with van der Waals surface area (Å²) in [5.74, 6) is -0.841. The van der Waals surface area contributed by atoms with E-state index in [2.05, 4.69) is 13.0 Å². The molecule has 0 saturated heterocycles. The highest BCUT2D eigenvalue weighted by molar-refractivity contribution is 5.95. The minimum absolute atomic E-state index is 0.435. The summed E-state index contributed by atoms with van der Waals surface area (Å²) in [6, 6.07) is 9.74. The molecular formula is C16H20O2. The van der Waals surface area contributed by atoms with Gasteiger partial charge in [-0.15, -0.1) is 0 Å². The molecule has 0 spiro atoms. The third kappa shape index (κ3) is 3.88. The first kappa shape index (κ1) is 14.2. The number of carboxylic acids is 1. The summed E-state index contributed by atoms with van der Waals surface area (Å²) < 4.78 is 0. The van der Waals surface area contributed by atoms with Crippen molar-refractivity contribution in [1.29, 1.82) is 0 Å². The van der Waals surface area contributed by atoms with Crippen molar-refractivity contribution in [2.75, 3.05) is 0 Å². The molecule has 0 aliphatic rings. The van der Waals surface area contributed by atoms with Crippen molar-refractivity contribution in [2.45, 2.75) is 33.6 Å². The molecule has 1 aromatic rings. The Morgan fingerprint density at radius 1 is 1.17 bits per heavy atom. The van der Waals surface area contributed by atoms with E-state index in [0.717, 1.165) is 24.0 Å². The molecule has 1 rings (SSSR count). The molecule has 2 nitrogen and oxygen atoms in total. The molecule has 0 aliphatic carbocycles. The van der Waals surface area contributed by atoms with E-state index in [0.29, 0.717) is 5.57 Å². The maximum absolute atomic E-state index is 11.2. The number of rotatable bonds is 5. The normalized spacial score (nSPS) is 13.2. The van der Waals surface area contributed by atoms with Gasteiger partial charge in [-0.1, -0.05) is 42.0 Å². The van der Waals surface area contributed by atoms with Gasteiger partial charge in [-0.25, -0.2) is 4.79 Å². The monoisotopic (exact) mass is 244 g/mol. The largest absolute Gasteiger partial charge is 0.478 e. The van der Waals surface area contributed by atoms with Crippen LogP contribution in [0, 0.1) is 0 Å². The van der Waals surface area contributed by atoms with Crippen LogP contribution in [0.25, 0.3) is 5.57 Å². The van der Waals surface area contributed by atoms with E-state index in [1.165, 1.54) is 5.57 Å². The third-order valence-electron chi connectivity index (χ3n) is 3.16. The number of carboxylic acid groups (broad SMARTS) is 1. The van der Waals surface area contributed by atoms with Gasteiger partial charge >= 0.3 is 5.97 Å². The van der Waals surface area contributed by atoms with Gasteiger partial charge in [0.05, 0.1) is 0 Å². The number of hydrogen-bond acceptors (Lipinski definition) is 1. The molecule has 0 aliphatic heterocycles. The molecule has 1 aromatic carbocycles. The van der Waals surface area contributed by atoms with Gasteiger partial charge in [0.25, 0.3) is 0 Å². The van der Waals surface area contributed by atoms with E-state index in [9.17, 15) is 4.79 Å². The van der Waals surface area contributed by atoms with Crippen LogP contribution in [0.4, 0.5) is 0 Å². The summed E-state index contributed by atoms with van der Waals surface area (Å²) in [5, 5.41) is 9.16. The predicted octanol–water partition coefficient (Wildman–Crippen LogP) is 4.29. The summed E-state index contributed by atoms with van der Waals surface area (Å²) in [6.07, 6.45) is 3.72. The van der Waals surface area contributed by atoms with Crippen LogP contribution in [0.1, 0.15) is 39.2 Å². The second-order valence-electron chi connectivity index (χ2n) is 4.41. The Bertz CT molecular complexity index is 467. The molecular weight excluding hydrogens is 224 g/mol. The maximum atomic E-state index is 11.2. The standard InChI is InChI=1S/C16H20O2/c1-4-12(2)10-11-15(13(3)16(17)18)14-8-6-5-7-9-14/h4-9H,10-11H2,1-3H3,(H,17,18). The number of aliphatic carboxylic acids is 1. The molecule has 0 saturated carbocycles. The Labute approximate surface area is 109 Å². The summed E-state index contributed by atoms with van der Waals surface area (Å²) in [7, 11) is 0. The molecule has 2 heteroatoms. The second kappa shape index (κ2) is 6.80. The Morgan fingerprint density at radius 3 is 2.28 bits per heavy atom. The fraction of sp³-hybridized carbons (Fsp3) is 0.312. The van der Waals surface area contributed by atoms with Crippen molar-refractivity contribution >= 4 is 11.5 Å². The highest BCUT2D eigenvalue weighted by Gasteiger charge is 2.11. The first-order valence-corrected chi connectivity index (χ1v) is 6.16. The topological polar surface area (TPSA) is 37.3 Å². The van der Waals surface area contributed by atoms with Gasteiger partial charge in [0.1, 0.15) is 0 Å². The molecule has 1 N–H and O–H groups in total. The number of benzene rings is 1. The highest BCUT2D eigenvalue weighted by Crippen LogP contribution is 2.25. The summed E-state index contributed by atoms with van der Waals surface area (Å²) in [4.78, 5) is 11.2. The Hall–Kier alpha value is -1.83. The quantitative estimate of drug-likeness (QED) is 0.619. The molecule has 0 heterocycles. The van der Waals surface area contributed by atoms with Crippen LogP contribution in [-0.2, 0) is 4.79 Å². The molecule has 0 amide bonds. The number of allylic oxidation sites excluding steroid dienone is 3. The van der Waals surface area contributed by atoms with Gasteiger partial charge in [-0.2, -0.15) is 0 Å². The minimum atomic E-state index is -0.841. The van der Waals surface area contributed by atoms with Crippen LogP contribution in [0.3, 0.4) is 0 Å². The summed E-state index contributed by atoms with van der Waals surface area (Å²) in [5.41, 5.74) is 3.64. The lowest BCUT2D eigenvalue weighted by atomic mass is 9.94. The molecule has 0 aromatic heterocycles. The van der Waals surface area contributed by atoms with E-state index >= 15 is 0 Å². The summed E-state index contributed by atoms with van der Waals surface area (Å²) in [6.45, 7) is 5.75. The highest BCUT2D eigenvalue weighted by atomic mass is 16.4. The van der Waals surface area contributed by atoms with Gasteiger partial charge in [0, 0.05) is 5.57 Å². The molecule has 96 valence electrons. The van der Waals surface area contributed by atoms with Crippen molar-refractivity contribution in [1.82, 2.24) is 0 Å². The van der Waals surface area contributed by atoms with E-state index in [1.54, 1.807) is 6.92 Å². The average molecular weight is 244 g/mol. The van der Waals surface area contributed by atoms with Crippen LogP contribution in [-0.4, -0.2) is 11.1 Å². The van der Waals surface area contributed by atoms with Gasteiger partial charge in [-0.3, -0.25) is 0 Å². The smallest absolute Gasteiger partial charge is 0.331 e. The third-order valence-corrected chi connectivity index (χ3v) is 3.16. The van der Waals surface area contributed by atoms with Gasteiger partial charge in [0.15, 0.2) is 0 Å². The van der Waals surface area contributed by atoms with E-state index in [4.69, 9.17) is 5.11 Å². The predicted molar refractivity (Wildman–Crippen MR) is 75.3 cm³/mol. The summed E-state index contributed by atoms with van der Waals surface area (Å²) >= 11 is 0. The van der Waals surface area contributed by atoms with Crippen molar-refractivity contribution < 1.29 is 9.90 Å². The molecule has 18 heavy (non-hydrogen) atoms.